The van der Waals surface area contributed by atoms with Crippen LogP contribution >= 0.6 is 0 Å². The molecule has 0 aliphatic carbocycles. The van der Waals surface area contributed by atoms with Crippen LogP contribution in [0.4, 0.5) is 10.1 Å². The molecule has 0 aliphatic heterocycles. The third kappa shape index (κ3) is 2.96. The van der Waals surface area contributed by atoms with E-state index in [2.05, 4.69) is 15.2 Å². The van der Waals surface area contributed by atoms with Gasteiger partial charge in [-0.15, -0.1) is 0 Å². The fourth-order valence-electron chi connectivity index (χ4n) is 1.96. The molecule has 0 amide bonds. The molecule has 0 atom stereocenters. The van der Waals surface area contributed by atoms with Crippen LogP contribution in [0.2, 0.25) is 0 Å². The number of aromatic nitrogens is 2. The smallest absolute Gasteiger partial charge is 0.340 e. The van der Waals surface area contributed by atoms with E-state index in [4.69, 9.17) is 0 Å². The monoisotopic (exact) mass is 277 g/mol. The van der Waals surface area contributed by atoms with Gasteiger partial charge in [0, 0.05) is 31.0 Å². The maximum Gasteiger partial charge on any atom is 0.340 e. The highest BCUT2D eigenvalue weighted by Crippen LogP contribution is 2.19. The number of esters is 1. The minimum absolute atomic E-state index is 0.175. The first-order valence-electron chi connectivity index (χ1n) is 6.12. The normalized spacial score (nSPS) is 10.4. The van der Waals surface area contributed by atoms with Gasteiger partial charge in [-0.2, -0.15) is 5.10 Å². The first-order valence-corrected chi connectivity index (χ1v) is 6.12. The number of benzene rings is 1. The van der Waals surface area contributed by atoms with Gasteiger partial charge in [-0.3, -0.25) is 4.68 Å². The molecule has 1 aromatic heterocycles. The fraction of sp³-hybridized carbons (Fsp3) is 0.286. The Bertz CT molecular complexity index is 637. The Morgan fingerprint density at radius 2 is 2.25 bits per heavy atom. The van der Waals surface area contributed by atoms with E-state index in [0.29, 0.717) is 12.2 Å². The Kier molecular flexibility index (Phi) is 4.02. The van der Waals surface area contributed by atoms with E-state index in [1.165, 1.54) is 19.2 Å². The van der Waals surface area contributed by atoms with E-state index in [-0.39, 0.29) is 5.56 Å². The lowest BCUT2D eigenvalue weighted by molar-refractivity contribution is 0.0601. The van der Waals surface area contributed by atoms with Crippen LogP contribution in [0.15, 0.2) is 24.4 Å². The van der Waals surface area contributed by atoms with Gasteiger partial charge in [-0.25, -0.2) is 9.18 Å². The maximum atomic E-state index is 13.2. The third-order valence-electron chi connectivity index (χ3n) is 2.97. The predicted molar refractivity (Wildman–Crippen MR) is 73.0 cm³/mol. The summed E-state index contributed by atoms with van der Waals surface area (Å²) in [6, 6.07) is 3.97. The Hall–Kier alpha value is -2.37. The summed E-state index contributed by atoms with van der Waals surface area (Å²) < 4.78 is 19.6. The first kappa shape index (κ1) is 14.0. The number of anilines is 1. The lowest BCUT2D eigenvalue weighted by Gasteiger charge is -2.10. The number of hydrogen-bond donors (Lipinski definition) is 1. The molecule has 1 aromatic carbocycles. The number of nitrogens with zero attached hydrogens (tertiary/aromatic N) is 2. The number of carbonyl (C=O) groups is 1. The van der Waals surface area contributed by atoms with Gasteiger partial charge in [0.2, 0.25) is 0 Å². The number of hydrogen-bond acceptors (Lipinski definition) is 4. The number of rotatable bonds is 4. The van der Waals surface area contributed by atoms with Crippen molar-refractivity contribution in [3.8, 4) is 0 Å². The Morgan fingerprint density at radius 3 is 2.85 bits per heavy atom. The molecule has 1 N–H and O–H groups in total. The average molecular weight is 277 g/mol. The second-order valence-corrected chi connectivity index (χ2v) is 4.45. The van der Waals surface area contributed by atoms with Crippen LogP contribution < -0.4 is 5.32 Å². The first-order chi connectivity index (χ1) is 9.51. The summed E-state index contributed by atoms with van der Waals surface area (Å²) in [5.74, 6) is -1.05. The van der Waals surface area contributed by atoms with Gasteiger partial charge < -0.3 is 10.1 Å². The second-order valence-electron chi connectivity index (χ2n) is 4.45. The van der Waals surface area contributed by atoms with Crippen molar-refractivity contribution >= 4 is 11.7 Å². The zero-order chi connectivity index (χ0) is 14.7. The van der Waals surface area contributed by atoms with Crippen LogP contribution in [0, 0.1) is 12.7 Å². The lowest BCUT2D eigenvalue weighted by Crippen LogP contribution is -2.09. The topological polar surface area (TPSA) is 56.1 Å². The zero-order valence-electron chi connectivity index (χ0n) is 11.6. The van der Waals surface area contributed by atoms with Gasteiger partial charge in [0.05, 0.1) is 18.4 Å². The number of carbonyl (C=O) groups excluding carboxylic acids is 1. The Labute approximate surface area is 116 Å². The number of aryl methyl sites for hydroxylation is 2. The number of halogens is 1. The highest BCUT2D eigenvalue weighted by Gasteiger charge is 2.13. The average Bonchev–Trinajstić information content (AvgIpc) is 2.74. The quantitative estimate of drug-likeness (QED) is 0.871. The van der Waals surface area contributed by atoms with Gasteiger partial charge in [-0.1, -0.05) is 0 Å². The highest BCUT2D eigenvalue weighted by molar-refractivity contribution is 5.95. The molecule has 2 rings (SSSR count). The summed E-state index contributed by atoms with van der Waals surface area (Å²) in [6.07, 6.45) is 1.89. The van der Waals surface area contributed by atoms with Crippen molar-refractivity contribution in [1.29, 1.82) is 0 Å². The molecule has 1 heterocycles. The lowest BCUT2D eigenvalue weighted by atomic mass is 10.1. The van der Waals surface area contributed by atoms with Crippen LogP contribution in [0.25, 0.3) is 0 Å². The van der Waals surface area contributed by atoms with Crippen molar-refractivity contribution in [1.82, 2.24) is 9.78 Å². The molecule has 20 heavy (non-hydrogen) atoms. The summed E-state index contributed by atoms with van der Waals surface area (Å²) in [5, 5.41) is 7.34. The SMILES string of the molecule is COC(=O)c1cc(F)ccc1NCc1cn(C)nc1C. The largest absolute Gasteiger partial charge is 0.465 e. The minimum atomic E-state index is -0.574. The van der Waals surface area contributed by atoms with Crippen molar-refractivity contribution in [2.45, 2.75) is 13.5 Å². The van der Waals surface area contributed by atoms with Crippen LogP contribution in [0.3, 0.4) is 0 Å². The summed E-state index contributed by atoms with van der Waals surface area (Å²) in [6.45, 7) is 2.40. The van der Waals surface area contributed by atoms with Crippen molar-refractivity contribution < 1.29 is 13.9 Å². The fourth-order valence-corrected chi connectivity index (χ4v) is 1.96. The van der Waals surface area contributed by atoms with Crippen molar-refractivity contribution in [3.05, 3.63) is 47.0 Å². The molecule has 5 nitrogen and oxygen atoms in total. The summed E-state index contributed by atoms with van der Waals surface area (Å²) >= 11 is 0. The number of nitrogens with one attached hydrogen (secondary N) is 1. The van der Waals surface area contributed by atoms with Crippen LogP contribution in [0.5, 0.6) is 0 Å². The second kappa shape index (κ2) is 5.73. The highest BCUT2D eigenvalue weighted by atomic mass is 19.1. The van der Waals surface area contributed by atoms with Crippen molar-refractivity contribution in [2.75, 3.05) is 12.4 Å². The Morgan fingerprint density at radius 1 is 1.50 bits per heavy atom. The maximum absolute atomic E-state index is 13.2. The molecule has 6 heteroatoms. The third-order valence-corrected chi connectivity index (χ3v) is 2.97. The van der Waals surface area contributed by atoms with Gasteiger partial charge >= 0.3 is 5.97 Å². The summed E-state index contributed by atoms with van der Waals surface area (Å²) in [5.41, 5.74) is 2.62. The van der Waals surface area contributed by atoms with Gasteiger partial charge in [-0.05, 0) is 25.1 Å². The van der Waals surface area contributed by atoms with E-state index in [0.717, 1.165) is 17.3 Å². The van der Waals surface area contributed by atoms with Gasteiger partial charge in [0.25, 0.3) is 0 Å². The van der Waals surface area contributed by atoms with Crippen LogP contribution in [0.1, 0.15) is 21.6 Å². The van der Waals surface area contributed by atoms with Crippen molar-refractivity contribution in [3.63, 3.8) is 0 Å². The molecule has 0 bridgehead atoms. The zero-order valence-corrected chi connectivity index (χ0v) is 11.6. The molecular weight excluding hydrogens is 261 g/mol. The van der Waals surface area contributed by atoms with E-state index in [1.807, 2.05) is 20.2 Å². The molecule has 0 radical (unpaired) electrons. The predicted octanol–water partition coefficient (Wildman–Crippen LogP) is 2.27. The van der Waals surface area contributed by atoms with Crippen molar-refractivity contribution in [2.24, 2.45) is 7.05 Å². The van der Waals surface area contributed by atoms with E-state index in [1.54, 1.807) is 4.68 Å². The van der Waals surface area contributed by atoms with Crippen LogP contribution in [-0.4, -0.2) is 22.9 Å². The molecular formula is C14H16FN3O2. The van der Waals surface area contributed by atoms with E-state index >= 15 is 0 Å². The minimum Gasteiger partial charge on any atom is -0.465 e. The molecule has 0 fully saturated rings. The molecule has 0 spiro atoms. The number of ether oxygens (including phenoxy) is 1. The molecule has 0 saturated heterocycles. The van der Waals surface area contributed by atoms with E-state index in [9.17, 15) is 9.18 Å². The number of methoxy groups -OCH3 is 1. The standard InChI is InChI=1S/C14H16FN3O2/c1-9-10(8-18(2)17-9)7-16-13-5-4-11(15)6-12(13)14(19)20-3/h4-6,8,16H,7H2,1-3H3. The van der Waals surface area contributed by atoms with Crippen LogP contribution in [-0.2, 0) is 18.3 Å². The molecule has 0 aliphatic rings. The molecule has 106 valence electrons. The summed E-state index contributed by atoms with van der Waals surface area (Å²) in [4.78, 5) is 11.6. The van der Waals surface area contributed by atoms with E-state index < -0.39 is 11.8 Å². The summed E-state index contributed by atoms with van der Waals surface area (Å²) in [7, 11) is 3.11. The van der Waals surface area contributed by atoms with Gasteiger partial charge in [0.1, 0.15) is 5.82 Å². The molecule has 2 aromatic rings. The molecule has 0 saturated carbocycles. The molecule has 0 unspecified atom stereocenters. The van der Waals surface area contributed by atoms with Gasteiger partial charge in [0.15, 0.2) is 0 Å². The Balaban J connectivity index is 2.21.